The number of ether oxygens (including phenoxy) is 3. The first-order valence-corrected chi connectivity index (χ1v) is 46.4. The summed E-state index contributed by atoms with van der Waals surface area (Å²) in [5.74, 6) is -15.5. The molecule has 722 valence electrons. The van der Waals surface area contributed by atoms with Gasteiger partial charge in [0.1, 0.15) is 76.1 Å². The Morgan fingerprint density at radius 2 is 0.818 bits per heavy atom. The number of carbonyl (C=O) groups is 13. The van der Waals surface area contributed by atoms with E-state index in [-0.39, 0.29) is 118 Å². The van der Waals surface area contributed by atoms with E-state index < -0.39 is 154 Å². The number of methoxy groups -OCH3 is 3. The molecule has 3 spiro atoms. The number of H-pyrrole nitrogens is 3. The number of aliphatic hydroxyl groups excluding tert-OH is 1. The Kier molecular flexibility index (Phi) is 29.5. The van der Waals surface area contributed by atoms with E-state index in [1.165, 1.54) is 26.2 Å². The van der Waals surface area contributed by atoms with Crippen LogP contribution in [0.5, 0.6) is 17.2 Å². The van der Waals surface area contributed by atoms with Gasteiger partial charge in [0.2, 0.25) is 30.0 Å². The second-order valence-corrected chi connectivity index (χ2v) is 37.6. The van der Waals surface area contributed by atoms with E-state index in [0.717, 1.165) is 65.0 Å². The number of ketones is 4. The second kappa shape index (κ2) is 41.2. The van der Waals surface area contributed by atoms with Crippen molar-refractivity contribution in [2.24, 2.45) is 34.0 Å². The van der Waals surface area contributed by atoms with E-state index in [9.17, 15) is 93.8 Å². The number of carbonyl (C=O) groups excluding carboxylic acids is 13. The number of aromatic amines is 3. The van der Waals surface area contributed by atoms with Crippen LogP contribution >= 0.6 is 0 Å². The minimum absolute atomic E-state index is 0.00821. The van der Waals surface area contributed by atoms with Gasteiger partial charge in [0.15, 0.2) is 6.10 Å². The van der Waals surface area contributed by atoms with Crippen molar-refractivity contribution in [3.05, 3.63) is 209 Å². The molecule has 1 unspecified atom stereocenters. The largest absolute Gasteiger partial charge is 0.496 e. The van der Waals surface area contributed by atoms with Gasteiger partial charge >= 0.3 is 0 Å². The van der Waals surface area contributed by atoms with Gasteiger partial charge < -0.3 is 85.2 Å². The molecule has 29 nitrogen and oxygen atoms in total. The first kappa shape index (κ1) is 98.0. The number of nitrogens with zero attached hydrogens (tertiary/aromatic N) is 4. The van der Waals surface area contributed by atoms with Crippen molar-refractivity contribution < 1.29 is 108 Å². The minimum atomic E-state index is -3.05. The lowest BCUT2D eigenvalue weighted by molar-refractivity contribution is -0.141. The number of fused-ring (bicyclic) bond motifs is 3. The Balaban J connectivity index is 0.000000150. The molecule has 3 aromatic heterocycles. The molecule has 3 aliphatic heterocycles. The monoisotopic (exact) mass is 1890 g/mol. The lowest BCUT2D eigenvalue weighted by Crippen LogP contribution is -2.55. The molecule has 0 radical (unpaired) electrons. The number of benzene rings is 6. The number of likely N-dealkylation sites (tertiary alicyclic amines) is 3. The maximum absolute atomic E-state index is 14.7. The summed E-state index contributed by atoms with van der Waals surface area (Å²) in [7, 11) is 4.49. The van der Waals surface area contributed by atoms with Crippen LogP contribution in [0.2, 0.25) is 0 Å². The van der Waals surface area contributed by atoms with E-state index in [1.54, 1.807) is 97.1 Å². The zero-order valence-electron chi connectivity index (χ0n) is 76.1. The maximum atomic E-state index is 14.7. The van der Waals surface area contributed by atoms with Crippen LogP contribution in [0.1, 0.15) is 183 Å². The lowest BCUT2D eigenvalue weighted by atomic mass is 9.82. The molecule has 13 atom stereocenters. The third-order valence-electron chi connectivity index (χ3n) is 28.5. The predicted octanol–water partition coefficient (Wildman–Crippen LogP) is 13.0. The van der Waals surface area contributed by atoms with Gasteiger partial charge in [0.25, 0.3) is 47.3 Å². The molecule has 0 bridgehead atoms. The quantitative estimate of drug-likeness (QED) is 0.00952. The number of hydrogen-bond acceptors (Lipinski definition) is 17. The normalized spacial score (nSPS) is 24.3. The molecule has 9 aromatic rings. The molecule has 8 amide bonds. The van der Waals surface area contributed by atoms with Crippen LogP contribution in [0.3, 0.4) is 0 Å². The molecule has 6 aromatic carbocycles. The first-order chi connectivity index (χ1) is 65.6. The smallest absolute Gasteiger partial charge is 0.289 e. The molecule has 6 aliphatic carbocycles. The Hall–Kier alpha value is -13.5. The molecule has 6 saturated carbocycles. The van der Waals surface area contributed by atoms with Gasteiger partial charge in [0, 0.05) is 127 Å². The summed E-state index contributed by atoms with van der Waals surface area (Å²) in [5.41, 5.74) is 0.341. The molecule has 18 rings (SSSR count). The van der Waals surface area contributed by atoms with Gasteiger partial charge in [-0.3, -0.25) is 57.5 Å². The van der Waals surface area contributed by atoms with Crippen LogP contribution in [0.4, 0.5) is 26.3 Å². The molecule has 9 aliphatic rings. The van der Waals surface area contributed by atoms with Crippen LogP contribution in [-0.4, -0.2) is 213 Å². The molecular formula is C102H110F6N12O17. The topological polar surface area (TPSA) is 391 Å². The number of aromatic nitrogens is 3. The molecule has 137 heavy (non-hydrogen) atoms. The van der Waals surface area contributed by atoms with Crippen LogP contribution in [-0.2, 0) is 67.6 Å². The summed E-state index contributed by atoms with van der Waals surface area (Å²) >= 11 is 0. The van der Waals surface area contributed by atoms with Gasteiger partial charge in [-0.25, -0.2) is 32.9 Å². The fourth-order valence-electron chi connectivity index (χ4n) is 20.4. The van der Waals surface area contributed by atoms with Crippen molar-refractivity contribution in [3.63, 3.8) is 0 Å². The SMILES string of the molecule is COc1cccc2[nH]c(C(=O)N3C[C@]4(C[C@H]3C(=O)N[C@@H](C[C@@H]3CCCCC3=O)C(=O)C(=O)NCc3ccccc3)CC4(F)F)cc12.COc1cccc2[nH]c(C(=O)N3C[C@]4(C[C@H]3C(=O)N[C@@H](C[C@@H]3CCCCC3=O)C(O)C(=O)NCc3ccccc3)CC4(F)F)cc12.COc1cccc2[nH]c(C(=O)N3C[C@]4(C[C@H]3C(=O)N[C@H](C=O)C[C@@H]3CCCCC3=O)CC4(F)F)cc12.[C-]#[N+]Cc1ccccc1. The summed E-state index contributed by atoms with van der Waals surface area (Å²) in [6, 6.07) is 41.0. The fourth-order valence-corrected chi connectivity index (χ4v) is 20.4. The zero-order chi connectivity index (χ0) is 97.5. The summed E-state index contributed by atoms with van der Waals surface area (Å²) in [6.07, 6.45) is 4.55. The first-order valence-electron chi connectivity index (χ1n) is 46.4. The number of aliphatic hydroxyl groups is 1. The average Bonchev–Trinajstić information content (AvgIpc) is 1.54. The number of alkyl halides is 6. The highest BCUT2D eigenvalue weighted by Crippen LogP contribution is 2.69. The molecule has 9 N–H and O–H groups in total. The van der Waals surface area contributed by atoms with Crippen LogP contribution in [0, 0.1) is 40.6 Å². The van der Waals surface area contributed by atoms with Gasteiger partial charge in [-0.05, 0) is 143 Å². The lowest BCUT2D eigenvalue weighted by Gasteiger charge is -2.31. The molecule has 6 heterocycles. The molecule has 35 heteroatoms. The van der Waals surface area contributed by atoms with Crippen molar-refractivity contribution in [1.82, 2.24) is 56.2 Å². The van der Waals surface area contributed by atoms with Crippen molar-refractivity contribution in [1.29, 1.82) is 0 Å². The van der Waals surface area contributed by atoms with Gasteiger partial charge in [-0.1, -0.05) is 128 Å². The van der Waals surface area contributed by atoms with Crippen molar-refractivity contribution in [3.8, 4) is 17.2 Å². The van der Waals surface area contributed by atoms with Crippen molar-refractivity contribution >= 4 is 109 Å². The van der Waals surface area contributed by atoms with E-state index in [1.807, 2.05) is 66.7 Å². The highest BCUT2D eigenvalue weighted by molar-refractivity contribution is 6.38. The second-order valence-electron chi connectivity index (χ2n) is 37.6. The number of rotatable bonds is 28. The fraction of sp³-hybridized carbons (Fsp3) is 0.451. The zero-order valence-corrected chi connectivity index (χ0v) is 76.1. The predicted molar refractivity (Wildman–Crippen MR) is 490 cm³/mol. The Bertz CT molecular complexity index is 6110. The number of nitrogens with one attached hydrogen (secondary N) is 8. The maximum Gasteiger partial charge on any atom is 0.289 e. The highest BCUT2D eigenvalue weighted by Gasteiger charge is 2.78. The van der Waals surface area contributed by atoms with E-state index >= 15 is 0 Å². The third-order valence-corrected chi connectivity index (χ3v) is 28.5. The van der Waals surface area contributed by atoms with Gasteiger partial charge in [0.05, 0.1) is 55.7 Å². The van der Waals surface area contributed by atoms with Crippen molar-refractivity contribution in [2.75, 3.05) is 41.0 Å². The summed E-state index contributed by atoms with van der Waals surface area (Å²) in [4.78, 5) is 187. The number of Topliss-reactive ketones (excluding diaryl/α,β-unsaturated/α-hetero) is 4. The van der Waals surface area contributed by atoms with Crippen LogP contribution in [0.25, 0.3) is 37.6 Å². The Morgan fingerprint density at radius 1 is 0.467 bits per heavy atom. The minimum Gasteiger partial charge on any atom is -0.496 e. The summed E-state index contributed by atoms with van der Waals surface area (Å²) in [5, 5.41) is 26.3. The summed E-state index contributed by atoms with van der Waals surface area (Å²) < 4.78 is 103. The number of halogens is 6. The standard InChI is InChI=1S/C34H38F2N4O6.C34H36F2N4O6.C26H29F2N3O5.C8H7N/c2*1-46-28-13-7-11-23-22(28)15-25(38-23)32(45)40-19-33(18-34(33,35)36)16-26(40)30(43)39-24(14-21-10-5-6-12-27(21)41)29(42)31(44)37-17-20-8-3-2-4-9-20;1-36-22-8-4-6-18-17(22)10-19(30-18)24(35)31-14-25(13-26(25,27)28)11-20(31)23(34)29-16(12-32)9-15-5-2-3-7-21(15)33;1-9-7-8-5-3-2-4-6-8/h2-4,7-9,11,13,15,21,24,26,29,38,42H,5-6,10,12,14,16-19H2,1H3,(H,37,44)(H,39,43);2-4,7-9,11,13,15,21,24,26,38H,5-6,10,12,14,16-19H2,1H3,(H,37,44)(H,39,43);4,6,8,10,12,15-16,20,30H,2-3,5,7,9,11,13-14H2,1H3,(H,29,34);2-6H,7H2/t21-,24-,26-,29?,33-;21-,24-,26-,33-;15-,16-,20-,25-;/m000./s1. The Labute approximate surface area is 785 Å². The third kappa shape index (κ3) is 21.5. The number of amides is 8. The number of hydrogen-bond donors (Lipinski definition) is 9. The highest BCUT2D eigenvalue weighted by atomic mass is 19.3. The van der Waals surface area contributed by atoms with E-state index in [0.29, 0.717) is 101 Å². The van der Waals surface area contributed by atoms with Gasteiger partial charge in [-0.2, -0.15) is 0 Å². The van der Waals surface area contributed by atoms with Crippen LogP contribution in [0.15, 0.2) is 164 Å². The van der Waals surface area contributed by atoms with Crippen LogP contribution < -0.4 is 40.8 Å². The summed E-state index contributed by atoms with van der Waals surface area (Å²) in [6.45, 7) is 6.35. The number of aldehydes is 1. The molecule has 9 fully saturated rings. The van der Waals surface area contributed by atoms with E-state index in [4.69, 9.17) is 20.8 Å². The Morgan fingerprint density at radius 3 is 1.18 bits per heavy atom. The average molecular weight is 1890 g/mol. The molecule has 3 saturated heterocycles. The van der Waals surface area contributed by atoms with E-state index in [2.05, 4.69) is 46.4 Å². The molecular weight excluding hydrogens is 1780 g/mol. The van der Waals surface area contributed by atoms with Crippen molar-refractivity contribution in [2.45, 2.75) is 215 Å². The van der Waals surface area contributed by atoms with Gasteiger partial charge in [-0.15, -0.1) is 0 Å².